The van der Waals surface area contributed by atoms with Crippen LogP contribution in [0.1, 0.15) is 17.5 Å². The Kier molecular flexibility index (Phi) is 6.54. The first kappa shape index (κ1) is 21.2. The van der Waals surface area contributed by atoms with E-state index in [0.29, 0.717) is 11.5 Å². The smallest absolute Gasteiger partial charge is 0.195 e. The molecule has 8 heteroatoms. The van der Waals surface area contributed by atoms with Crippen LogP contribution in [0.3, 0.4) is 0 Å². The highest BCUT2D eigenvalue weighted by atomic mass is 32.2. The number of hydrogen-bond donors (Lipinski definition) is 1. The van der Waals surface area contributed by atoms with E-state index >= 15 is 0 Å². The molecule has 1 unspecified atom stereocenters. The lowest BCUT2D eigenvalue weighted by atomic mass is 10.1. The Morgan fingerprint density at radius 3 is 2.34 bits per heavy atom. The second-order valence-corrected chi connectivity index (χ2v) is 10.3. The second kappa shape index (κ2) is 9.87. The average Bonchev–Trinajstić information content (AvgIpc) is 3.45. The average molecular weight is 477 g/mol. The number of aliphatic hydroxyl groups is 1. The van der Waals surface area contributed by atoms with Gasteiger partial charge in [-0.15, -0.1) is 21.5 Å². The van der Waals surface area contributed by atoms with E-state index in [4.69, 9.17) is 4.98 Å². The molecule has 3 aromatic carbocycles. The number of thiazole rings is 1. The van der Waals surface area contributed by atoms with Gasteiger partial charge in [0, 0.05) is 11.4 Å². The van der Waals surface area contributed by atoms with Crippen molar-refractivity contribution in [2.24, 2.45) is 0 Å². The first-order valence-electron chi connectivity index (χ1n) is 10.1. The summed E-state index contributed by atoms with van der Waals surface area (Å²) in [4.78, 5) is 4.72. The van der Waals surface area contributed by atoms with E-state index in [-0.39, 0.29) is 0 Å². The van der Waals surface area contributed by atoms with Crippen molar-refractivity contribution in [3.05, 3.63) is 96.3 Å². The summed E-state index contributed by atoms with van der Waals surface area (Å²) in [7, 11) is 0. The van der Waals surface area contributed by atoms with Gasteiger partial charge in [0.25, 0.3) is 0 Å². The third kappa shape index (κ3) is 4.73. The molecular weight excluding hydrogens is 456 g/mol. The van der Waals surface area contributed by atoms with Crippen LogP contribution in [-0.4, -0.2) is 30.6 Å². The van der Waals surface area contributed by atoms with Gasteiger partial charge in [0.2, 0.25) is 0 Å². The van der Waals surface area contributed by atoms with Gasteiger partial charge in [-0.05, 0) is 29.8 Å². The molecule has 0 saturated carbocycles. The number of hydrogen-bond acceptors (Lipinski definition) is 7. The van der Waals surface area contributed by atoms with Gasteiger partial charge in [-0.2, -0.15) is 0 Å². The predicted octanol–water partition coefficient (Wildman–Crippen LogP) is 6.00. The lowest BCUT2D eigenvalue weighted by Gasteiger charge is -2.12. The summed E-state index contributed by atoms with van der Waals surface area (Å²) < 4.78 is 4.27. The number of benzene rings is 3. The Balaban J connectivity index is 1.37. The van der Waals surface area contributed by atoms with Gasteiger partial charge in [-0.25, -0.2) is 4.98 Å². The molecule has 5 rings (SSSR count). The highest BCUT2D eigenvalue weighted by Crippen LogP contribution is 2.33. The molecule has 5 nitrogen and oxygen atoms in total. The normalized spacial score (nSPS) is 12.3. The number of fused-ring (bicyclic) bond motifs is 1. The van der Waals surface area contributed by atoms with Crippen molar-refractivity contribution in [2.45, 2.75) is 21.4 Å². The number of aromatic nitrogens is 4. The third-order valence-corrected chi connectivity index (χ3v) is 8.05. The molecule has 0 radical (unpaired) electrons. The van der Waals surface area contributed by atoms with Crippen LogP contribution in [0.4, 0.5) is 0 Å². The van der Waals surface area contributed by atoms with E-state index in [0.717, 1.165) is 32.1 Å². The van der Waals surface area contributed by atoms with Crippen molar-refractivity contribution in [3.8, 4) is 5.69 Å². The molecule has 2 aromatic heterocycles. The van der Waals surface area contributed by atoms with Crippen molar-refractivity contribution in [3.63, 3.8) is 0 Å². The van der Waals surface area contributed by atoms with Crippen molar-refractivity contribution in [1.82, 2.24) is 19.7 Å². The molecule has 0 aliphatic rings. The molecule has 5 aromatic rings. The van der Waals surface area contributed by atoms with Gasteiger partial charge >= 0.3 is 0 Å². The molecule has 0 spiro atoms. The number of aliphatic hydroxyl groups excluding tert-OH is 1. The largest absolute Gasteiger partial charge is 0.388 e. The van der Waals surface area contributed by atoms with E-state index in [2.05, 4.69) is 20.8 Å². The zero-order valence-corrected chi connectivity index (χ0v) is 19.5. The summed E-state index contributed by atoms with van der Waals surface area (Å²) in [6.45, 7) is 0. The quantitative estimate of drug-likeness (QED) is 0.277. The molecule has 1 atom stereocenters. The SMILES string of the molecule is OC(CSc1nnc(CSc2nc3ccccc3s2)n1-c1ccccc1)c1ccccc1. The molecular formula is C24H20N4OS3. The summed E-state index contributed by atoms with van der Waals surface area (Å²) in [6, 6.07) is 28.0. The summed E-state index contributed by atoms with van der Waals surface area (Å²) in [5.74, 6) is 2.01. The second-order valence-electron chi connectivity index (χ2n) is 7.04. The van der Waals surface area contributed by atoms with Crippen LogP contribution in [-0.2, 0) is 5.75 Å². The lowest BCUT2D eigenvalue weighted by molar-refractivity contribution is 0.204. The fraction of sp³-hybridized carbons (Fsp3) is 0.125. The monoisotopic (exact) mass is 476 g/mol. The van der Waals surface area contributed by atoms with Crippen molar-refractivity contribution in [2.75, 3.05) is 5.75 Å². The van der Waals surface area contributed by atoms with Gasteiger partial charge in [0.15, 0.2) is 9.50 Å². The lowest BCUT2D eigenvalue weighted by Crippen LogP contribution is -2.04. The highest BCUT2D eigenvalue weighted by Gasteiger charge is 2.17. The topological polar surface area (TPSA) is 63.8 Å². The maximum atomic E-state index is 10.6. The van der Waals surface area contributed by atoms with Gasteiger partial charge in [0.05, 0.1) is 22.1 Å². The van der Waals surface area contributed by atoms with E-state index < -0.39 is 6.10 Å². The standard InChI is InChI=1S/C24H20N4OS3/c29-20(17-9-3-1-4-10-17)15-30-23-27-26-22(28(23)18-11-5-2-6-12-18)16-31-24-25-19-13-7-8-14-21(19)32-24/h1-14,20,29H,15-16H2. The molecule has 1 N–H and O–H groups in total. The third-order valence-electron chi connectivity index (χ3n) is 4.87. The zero-order chi connectivity index (χ0) is 21.8. The first-order chi connectivity index (χ1) is 15.8. The fourth-order valence-corrected chi connectivity index (χ4v) is 6.21. The van der Waals surface area contributed by atoms with Gasteiger partial charge in [0.1, 0.15) is 5.82 Å². The van der Waals surface area contributed by atoms with Gasteiger partial charge in [-0.3, -0.25) is 4.57 Å². The molecule has 0 bridgehead atoms. The van der Waals surface area contributed by atoms with Crippen LogP contribution < -0.4 is 0 Å². The Morgan fingerprint density at radius 1 is 0.844 bits per heavy atom. The molecule has 0 aliphatic heterocycles. The maximum Gasteiger partial charge on any atom is 0.195 e. The summed E-state index contributed by atoms with van der Waals surface area (Å²) in [6.07, 6.45) is -0.567. The van der Waals surface area contributed by atoms with Gasteiger partial charge < -0.3 is 5.11 Å². The zero-order valence-electron chi connectivity index (χ0n) is 17.0. The summed E-state index contributed by atoms with van der Waals surface area (Å²) >= 11 is 4.87. The van der Waals surface area contributed by atoms with Gasteiger partial charge in [-0.1, -0.05) is 84.2 Å². The highest BCUT2D eigenvalue weighted by molar-refractivity contribution is 8.00. The molecule has 32 heavy (non-hydrogen) atoms. The molecule has 2 heterocycles. The Bertz CT molecular complexity index is 1270. The number of para-hydroxylation sites is 2. The van der Waals surface area contributed by atoms with Crippen molar-refractivity contribution < 1.29 is 5.11 Å². The fourth-order valence-electron chi connectivity index (χ4n) is 3.29. The van der Waals surface area contributed by atoms with Crippen LogP contribution in [0.5, 0.6) is 0 Å². The number of rotatable bonds is 8. The summed E-state index contributed by atoms with van der Waals surface area (Å²) in [5.41, 5.74) is 2.93. The minimum Gasteiger partial charge on any atom is -0.388 e. The predicted molar refractivity (Wildman–Crippen MR) is 133 cm³/mol. The molecule has 160 valence electrons. The van der Waals surface area contributed by atoms with E-state index in [1.165, 1.54) is 16.5 Å². The molecule has 0 amide bonds. The Labute approximate surface area is 198 Å². The van der Waals surface area contributed by atoms with Crippen molar-refractivity contribution >= 4 is 45.1 Å². The number of nitrogens with zero attached hydrogens (tertiary/aromatic N) is 4. The van der Waals surface area contributed by atoms with Crippen molar-refractivity contribution in [1.29, 1.82) is 0 Å². The van der Waals surface area contributed by atoms with E-state index in [9.17, 15) is 5.11 Å². The minimum absolute atomic E-state index is 0.500. The Hall–Kier alpha value is -2.65. The van der Waals surface area contributed by atoms with Crippen LogP contribution in [0.25, 0.3) is 15.9 Å². The van der Waals surface area contributed by atoms with Crippen LogP contribution in [0.15, 0.2) is 94.4 Å². The molecule has 0 fully saturated rings. The number of thioether (sulfide) groups is 2. The Morgan fingerprint density at radius 2 is 1.56 bits per heavy atom. The van der Waals surface area contributed by atoms with E-state index in [1.54, 1.807) is 23.1 Å². The summed E-state index contributed by atoms with van der Waals surface area (Å²) in [5, 5.41) is 20.3. The van der Waals surface area contributed by atoms with Crippen LogP contribution in [0.2, 0.25) is 0 Å². The first-order valence-corrected chi connectivity index (χ1v) is 12.9. The van der Waals surface area contributed by atoms with E-state index in [1.807, 2.05) is 78.9 Å². The minimum atomic E-state index is -0.567. The van der Waals surface area contributed by atoms with Crippen LogP contribution in [0, 0.1) is 0 Å². The molecule has 0 saturated heterocycles. The maximum absolute atomic E-state index is 10.6. The van der Waals surface area contributed by atoms with Crippen LogP contribution >= 0.6 is 34.9 Å². The molecule has 0 aliphatic carbocycles.